The van der Waals surface area contributed by atoms with Crippen LogP contribution >= 0.6 is 0 Å². The molecule has 0 bridgehead atoms. The van der Waals surface area contributed by atoms with Gasteiger partial charge in [0.2, 0.25) is 0 Å². The van der Waals surface area contributed by atoms with Gasteiger partial charge in [-0.2, -0.15) is 0 Å². The van der Waals surface area contributed by atoms with Gasteiger partial charge in [-0.05, 0) is 18.4 Å². The summed E-state index contributed by atoms with van der Waals surface area (Å²) in [4.78, 5) is 0. The van der Waals surface area contributed by atoms with Gasteiger partial charge in [-0.1, -0.05) is 26.0 Å². The second-order valence-corrected chi connectivity index (χ2v) is 5.68. The molecule has 112 valence electrons. The predicted octanol–water partition coefficient (Wildman–Crippen LogP) is 2.34. The van der Waals surface area contributed by atoms with E-state index in [-0.39, 0.29) is 12.6 Å². The van der Waals surface area contributed by atoms with Crippen molar-refractivity contribution < 1.29 is 14.6 Å². The number of fused-ring (bicyclic) bond motifs is 1. The van der Waals surface area contributed by atoms with Gasteiger partial charge in [0, 0.05) is 24.6 Å². The number of hydrogen-bond acceptors (Lipinski definition) is 4. The number of aliphatic hydroxyl groups is 1. The molecule has 0 saturated heterocycles. The van der Waals surface area contributed by atoms with Crippen LogP contribution in [0.1, 0.15) is 32.3 Å². The molecule has 1 aromatic rings. The molecule has 0 spiro atoms. The summed E-state index contributed by atoms with van der Waals surface area (Å²) in [5.74, 6) is 2.23. The maximum Gasteiger partial charge on any atom is 0.165 e. The van der Waals surface area contributed by atoms with E-state index in [9.17, 15) is 5.11 Å². The third-order valence-corrected chi connectivity index (χ3v) is 3.41. The topological polar surface area (TPSA) is 50.7 Å². The van der Waals surface area contributed by atoms with E-state index in [1.165, 1.54) is 0 Å². The largest absolute Gasteiger partial charge is 0.490 e. The minimum absolute atomic E-state index is 0.123. The van der Waals surface area contributed by atoms with Crippen molar-refractivity contribution in [2.24, 2.45) is 5.92 Å². The Kier molecular flexibility index (Phi) is 5.68. The van der Waals surface area contributed by atoms with Crippen LogP contribution in [-0.4, -0.2) is 31.0 Å². The van der Waals surface area contributed by atoms with Gasteiger partial charge >= 0.3 is 0 Å². The van der Waals surface area contributed by atoms with Crippen molar-refractivity contribution in [1.82, 2.24) is 5.32 Å². The van der Waals surface area contributed by atoms with Gasteiger partial charge in [-0.3, -0.25) is 0 Å². The molecule has 4 heteroatoms. The molecular formula is C16H25NO3. The van der Waals surface area contributed by atoms with Crippen LogP contribution in [0.2, 0.25) is 0 Å². The van der Waals surface area contributed by atoms with Crippen LogP contribution in [0, 0.1) is 5.92 Å². The molecule has 0 saturated carbocycles. The zero-order chi connectivity index (χ0) is 14.4. The van der Waals surface area contributed by atoms with Gasteiger partial charge < -0.3 is 19.9 Å². The summed E-state index contributed by atoms with van der Waals surface area (Å²) in [5.41, 5.74) is 1.09. The molecule has 0 aliphatic carbocycles. The molecule has 4 nitrogen and oxygen atoms in total. The average molecular weight is 279 g/mol. The second kappa shape index (κ2) is 7.50. The third kappa shape index (κ3) is 4.12. The van der Waals surface area contributed by atoms with Gasteiger partial charge in [0.05, 0.1) is 19.8 Å². The normalized spacial score (nSPS) is 16.0. The molecule has 1 unspecified atom stereocenters. The van der Waals surface area contributed by atoms with Crippen molar-refractivity contribution in [3.63, 3.8) is 0 Å². The highest BCUT2D eigenvalue weighted by molar-refractivity contribution is 5.47. The molecule has 20 heavy (non-hydrogen) atoms. The summed E-state index contributed by atoms with van der Waals surface area (Å²) in [5, 5.41) is 12.8. The Labute approximate surface area is 121 Å². The number of para-hydroxylation sites is 1. The van der Waals surface area contributed by atoms with E-state index in [1.807, 2.05) is 18.2 Å². The molecule has 1 atom stereocenters. The van der Waals surface area contributed by atoms with Gasteiger partial charge in [0.15, 0.2) is 11.5 Å². The van der Waals surface area contributed by atoms with E-state index in [1.54, 1.807) is 0 Å². The number of ether oxygens (including phenoxy) is 2. The minimum atomic E-state index is 0.123. The Morgan fingerprint density at radius 2 is 2.05 bits per heavy atom. The Hall–Kier alpha value is -1.26. The van der Waals surface area contributed by atoms with Crippen molar-refractivity contribution >= 4 is 0 Å². The molecule has 0 amide bonds. The van der Waals surface area contributed by atoms with E-state index < -0.39 is 0 Å². The van der Waals surface area contributed by atoms with E-state index in [2.05, 4.69) is 19.2 Å². The number of nitrogens with one attached hydrogen (secondary N) is 1. The maximum absolute atomic E-state index is 9.42. The highest BCUT2D eigenvalue weighted by Crippen LogP contribution is 2.33. The molecule has 1 aromatic carbocycles. The molecule has 0 aromatic heterocycles. The zero-order valence-corrected chi connectivity index (χ0v) is 12.4. The van der Waals surface area contributed by atoms with Gasteiger partial charge in [0.1, 0.15) is 0 Å². The maximum atomic E-state index is 9.42. The lowest BCUT2D eigenvalue weighted by Crippen LogP contribution is -2.33. The first-order valence-corrected chi connectivity index (χ1v) is 7.42. The highest BCUT2D eigenvalue weighted by Gasteiger charge is 2.16. The van der Waals surface area contributed by atoms with E-state index >= 15 is 0 Å². The predicted molar refractivity (Wildman–Crippen MR) is 79.2 cm³/mol. The van der Waals surface area contributed by atoms with E-state index in [0.29, 0.717) is 25.7 Å². The molecule has 1 heterocycles. The first-order chi connectivity index (χ1) is 9.70. The van der Waals surface area contributed by atoms with Crippen molar-refractivity contribution in [2.45, 2.75) is 39.3 Å². The summed E-state index contributed by atoms with van der Waals surface area (Å²) in [6, 6.07) is 6.10. The summed E-state index contributed by atoms with van der Waals surface area (Å²) in [7, 11) is 0. The summed E-state index contributed by atoms with van der Waals surface area (Å²) >= 11 is 0. The lowest BCUT2D eigenvalue weighted by molar-refractivity contribution is 0.223. The van der Waals surface area contributed by atoms with Crippen molar-refractivity contribution in [2.75, 3.05) is 19.8 Å². The number of hydrogen-bond donors (Lipinski definition) is 2. The number of aliphatic hydroxyl groups excluding tert-OH is 1. The zero-order valence-electron chi connectivity index (χ0n) is 12.4. The summed E-state index contributed by atoms with van der Waals surface area (Å²) in [6.07, 6.45) is 1.87. The molecule has 2 rings (SSSR count). The molecule has 0 fully saturated rings. The van der Waals surface area contributed by atoms with Crippen molar-refractivity contribution in [3.8, 4) is 11.5 Å². The Bertz CT molecular complexity index is 420. The summed E-state index contributed by atoms with van der Waals surface area (Å²) < 4.78 is 11.5. The van der Waals surface area contributed by atoms with Crippen molar-refractivity contribution in [3.05, 3.63) is 23.8 Å². The fourth-order valence-corrected chi connectivity index (χ4v) is 2.44. The quantitative estimate of drug-likeness (QED) is 0.839. The van der Waals surface area contributed by atoms with Gasteiger partial charge in [-0.15, -0.1) is 0 Å². The molecule has 2 N–H and O–H groups in total. The Morgan fingerprint density at radius 1 is 1.25 bits per heavy atom. The van der Waals surface area contributed by atoms with E-state index in [0.717, 1.165) is 29.9 Å². The molecule has 1 aliphatic rings. The molecule has 1 aliphatic heterocycles. The van der Waals surface area contributed by atoms with Gasteiger partial charge in [-0.25, -0.2) is 0 Å². The average Bonchev–Trinajstić information content (AvgIpc) is 2.68. The second-order valence-electron chi connectivity index (χ2n) is 5.68. The fraction of sp³-hybridized carbons (Fsp3) is 0.625. The first-order valence-electron chi connectivity index (χ1n) is 7.42. The van der Waals surface area contributed by atoms with Crippen LogP contribution in [-0.2, 0) is 6.54 Å². The van der Waals surface area contributed by atoms with Crippen LogP contribution in [0.4, 0.5) is 0 Å². The van der Waals surface area contributed by atoms with Crippen LogP contribution in [0.25, 0.3) is 0 Å². The monoisotopic (exact) mass is 279 g/mol. The smallest absolute Gasteiger partial charge is 0.165 e. The number of rotatable bonds is 6. The summed E-state index contributed by atoms with van der Waals surface area (Å²) in [6.45, 7) is 6.57. The standard InChI is InChI=1S/C16H25NO3/c1-12(2)9-14(11-18)17-10-13-5-3-6-15-16(13)20-8-4-7-19-15/h3,5-6,12,14,17-18H,4,7-11H2,1-2H3. The SMILES string of the molecule is CC(C)CC(CO)NCc1cccc2c1OCCCO2. The fourth-order valence-electron chi connectivity index (χ4n) is 2.44. The lowest BCUT2D eigenvalue weighted by atomic mass is 10.0. The van der Waals surface area contributed by atoms with Crippen LogP contribution in [0.5, 0.6) is 11.5 Å². The first kappa shape index (κ1) is 15.1. The molecule has 0 radical (unpaired) electrons. The Morgan fingerprint density at radius 3 is 2.80 bits per heavy atom. The highest BCUT2D eigenvalue weighted by atomic mass is 16.5. The van der Waals surface area contributed by atoms with Crippen LogP contribution in [0.3, 0.4) is 0 Å². The Balaban J connectivity index is 2.02. The van der Waals surface area contributed by atoms with E-state index in [4.69, 9.17) is 9.47 Å². The minimum Gasteiger partial charge on any atom is -0.490 e. The third-order valence-electron chi connectivity index (χ3n) is 3.41. The van der Waals surface area contributed by atoms with Crippen LogP contribution in [0.15, 0.2) is 18.2 Å². The van der Waals surface area contributed by atoms with Gasteiger partial charge in [0.25, 0.3) is 0 Å². The number of benzene rings is 1. The van der Waals surface area contributed by atoms with Crippen LogP contribution < -0.4 is 14.8 Å². The lowest BCUT2D eigenvalue weighted by Gasteiger charge is -2.19. The molecular weight excluding hydrogens is 254 g/mol. The van der Waals surface area contributed by atoms with Crippen molar-refractivity contribution in [1.29, 1.82) is 0 Å².